The van der Waals surface area contributed by atoms with Gasteiger partial charge in [-0.2, -0.15) is 5.26 Å². The van der Waals surface area contributed by atoms with Gasteiger partial charge in [0.05, 0.1) is 23.0 Å². The van der Waals surface area contributed by atoms with Gasteiger partial charge in [-0.15, -0.1) is 0 Å². The number of nitrogen functional groups attached to an aromatic ring is 1. The fourth-order valence-electron chi connectivity index (χ4n) is 4.05. The zero-order chi connectivity index (χ0) is 18.9. The Labute approximate surface area is 155 Å². The Hall–Kier alpha value is -2.42. The van der Waals surface area contributed by atoms with Gasteiger partial charge in [-0.3, -0.25) is 0 Å². The molecule has 0 bridgehead atoms. The van der Waals surface area contributed by atoms with Crippen LogP contribution in [0.25, 0.3) is 0 Å². The average Bonchev–Trinajstić information content (AvgIpc) is 2.97. The van der Waals surface area contributed by atoms with E-state index in [-0.39, 0.29) is 11.5 Å². The first-order valence-electron chi connectivity index (χ1n) is 9.24. The lowest BCUT2D eigenvalue weighted by Crippen LogP contribution is -2.46. The van der Waals surface area contributed by atoms with Crippen LogP contribution in [0, 0.1) is 16.7 Å². The lowest BCUT2D eigenvalue weighted by Gasteiger charge is -2.42. The fraction of sp³-hybridized carbons (Fsp3) is 0.600. The van der Waals surface area contributed by atoms with E-state index in [1.54, 1.807) is 12.1 Å². The molecule has 2 saturated heterocycles. The smallest absolute Gasteiger partial charge is 0.410 e. The van der Waals surface area contributed by atoms with Crippen LogP contribution < -0.4 is 10.6 Å². The monoisotopic (exact) mass is 356 g/mol. The molecule has 2 N–H and O–H groups in total. The molecule has 6 nitrogen and oxygen atoms in total. The standard InChI is InChI=1S/C20H28N4O2/c1-19(2,3)26-18(25)24-10-8-20(14-24)7-4-9-23(13-20)17-11-15(12-21)5-6-16(17)22/h5-6,11H,4,7-10,13-14,22H2,1-3H3. The summed E-state index contributed by atoms with van der Waals surface area (Å²) in [4.78, 5) is 16.5. The topological polar surface area (TPSA) is 82.6 Å². The van der Waals surface area contributed by atoms with Crippen molar-refractivity contribution in [2.75, 3.05) is 36.8 Å². The maximum absolute atomic E-state index is 12.4. The van der Waals surface area contributed by atoms with E-state index in [2.05, 4.69) is 11.0 Å². The van der Waals surface area contributed by atoms with Crippen LogP contribution >= 0.6 is 0 Å². The number of nitriles is 1. The third kappa shape index (κ3) is 3.87. The van der Waals surface area contributed by atoms with Crippen molar-refractivity contribution in [1.82, 2.24) is 4.90 Å². The van der Waals surface area contributed by atoms with Crippen LogP contribution in [0.3, 0.4) is 0 Å². The van der Waals surface area contributed by atoms with Gasteiger partial charge in [0.25, 0.3) is 0 Å². The van der Waals surface area contributed by atoms with Gasteiger partial charge in [-0.05, 0) is 58.2 Å². The van der Waals surface area contributed by atoms with Crippen LogP contribution in [0.1, 0.15) is 45.6 Å². The Kier molecular flexibility index (Phi) is 4.74. The van der Waals surface area contributed by atoms with E-state index in [0.29, 0.717) is 11.3 Å². The zero-order valence-electron chi connectivity index (χ0n) is 15.9. The minimum Gasteiger partial charge on any atom is -0.444 e. The number of carbonyl (C=O) groups excluding carboxylic acids is 1. The van der Waals surface area contributed by atoms with Crippen LogP contribution in [0.2, 0.25) is 0 Å². The van der Waals surface area contributed by atoms with E-state index in [1.165, 1.54) is 0 Å². The number of nitrogens with zero attached hydrogens (tertiary/aromatic N) is 3. The van der Waals surface area contributed by atoms with Gasteiger partial charge >= 0.3 is 6.09 Å². The van der Waals surface area contributed by atoms with Crippen molar-refractivity contribution in [3.05, 3.63) is 23.8 Å². The van der Waals surface area contributed by atoms with Gasteiger partial charge in [0.1, 0.15) is 5.60 Å². The Morgan fingerprint density at radius 2 is 2.04 bits per heavy atom. The summed E-state index contributed by atoms with van der Waals surface area (Å²) >= 11 is 0. The predicted molar refractivity (Wildman–Crippen MR) is 102 cm³/mol. The summed E-state index contributed by atoms with van der Waals surface area (Å²) in [5.74, 6) is 0. The van der Waals surface area contributed by atoms with Gasteiger partial charge in [0.15, 0.2) is 0 Å². The molecule has 2 heterocycles. The van der Waals surface area contributed by atoms with Crippen molar-refractivity contribution in [3.63, 3.8) is 0 Å². The minimum absolute atomic E-state index is 0.0737. The lowest BCUT2D eigenvalue weighted by atomic mass is 9.79. The number of carbonyl (C=O) groups is 1. The average molecular weight is 356 g/mol. The number of hydrogen-bond acceptors (Lipinski definition) is 5. The van der Waals surface area contributed by atoms with Gasteiger partial charge in [0.2, 0.25) is 0 Å². The van der Waals surface area contributed by atoms with E-state index in [4.69, 9.17) is 10.5 Å². The molecule has 1 amide bonds. The molecule has 1 aromatic carbocycles. The van der Waals surface area contributed by atoms with Crippen molar-refractivity contribution in [2.24, 2.45) is 5.41 Å². The number of hydrogen-bond donors (Lipinski definition) is 1. The molecule has 0 aliphatic carbocycles. The zero-order valence-corrected chi connectivity index (χ0v) is 15.9. The van der Waals surface area contributed by atoms with Crippen molar-refractivity contribution >= 4 is 17.5 Å². The first kappa shape index (κ1) is 18.4. The second-order valence-electron chi connectivity index (χ2n) is 8.56. The Morgan fingerprint density at radius 3 is 2.73 bits per heavy atom. The number of likely N-dealkylation sites (tertiary alicyclic amines) is 1. The Bertz CT molecular complexity index is 734. The van der Waals surface area contributed by atoms with Crippen LogP contribution in [-0.2, 0) is 4.74 Å². The number of nitrogens with two attached hydrogens (primary N) is 1. The summed E-state index contributed by atoms with van der Waals surface area (Å²) in [6.07, 6.45) is 2.90. The molecular weight excluding hydrogens is 328 g/mol. The summed E-state index contributed by atoms with van der Waals surface area (Å²) in [7, 11) is 0. The molecule has 1 aromatic rings. The van der Waals surface area contributed by atoms with Gasteiger partial charge in [-0.25, -0.2) is 4.79 Å². The third-order valence-electron chi connectivity index (χ3n) is 5.25. The molecule has 0 radical (unpaired) electrons. The molecule has 0 saturated carbocycles. The molecule has 26 heavy (non-hydrogen) atoms. The molecule has 1 atom stereocenters. The number of anilines is 2. The maximum Gasteiger partial charge on any atom is 0.410 e. The molecule has 6 heteroatoms. The fourth-order valence-corrected chi connectivity index (χ4v) is 4.05. The largest absolute Gasteiger partial charge is 0.444 e. The van der Waals surface area contributed by atoms with Gasteiger partial charge in [-0.1, -0.05) is 0 Å². The van der Waals surface area contributed by atoms with E-state index < -0.39 is 5.60 Å². The van der Waals surface area contributed by atoms with E-state index in [0.717, 1.165) is 51.1 Å². The first-order valence-corrected chi connectivity index (χ1v) is 9.24. The van der Waals surface area contributed by atoms with Crippen molar-refractivity contribution < 1.29 is 9.53 Å². The highest BCUT2D eigenvalue weighted by atomic mass is 16.6. The number of benzene rings is 1. The van der Waals surface area contributed by atoms with Crippen LogP contribution in [0.5, 0.6) is 0 Å². The molecule has 2 fully saturated rings. The summed E-state index contributed by atoms with van der Waals surface area (Å²) in [5, 5.41) is 9.18. The summed E-state index contributed by atoms with van der Waals surface area (Å²) in [6, 6.07) is 7.61. The predicted octanol–water partition coefficient (Wildman–Crippen LogP) is 3.37. The summed E-state index contributed by atoms with van der Waals surface area (Å²) in [6.45, 7) is 8.91. The number of piperidine rings is 1. The molecule has 2 aliphatic heterocycles. The van der Waals surface area contributed by atoms with E-state index in [1.807, 2.05) is 31.7 Å². The van der Waals surface area contributed by atoms with Crippen LogP contribution in [0.15, 0.2) is 18.2 Å². The molecule has 2 aliphatic rings. The maximum atomic E-state index is 12.4. The van der Waals surface area contributed by atoms with Crippen molar-refractivity contribution in [1.29, 1.82) is 5.26 Å². The summed E-state index contributed by atoms with van der Waals surface area (Å²) < 4.78 is 5.53. The van der Waals surface area contributed by atoms with Crippen LogP contribution in [-0.4, -0.2) is 42.8 Å². The highest BCUT2D eigenvalue weighted by Crippen LogP contribution is 2.41. The van der Waals surface area contributed by atoms with Crippen LogP contribution in [0.4, 0.5) is 16.2 Å². The van der Waals surface area contributed by atoms with Gasteiger partial charge < -0.3 is 20.3 Å². The highest BCUT2D eigenvalue weighted by Gasteiger charge is 2.44. The molecule has 1 unspecified atom stereocenters. The number of amides is 1. The number of ether oxygens (including phenoxy) is 1. The normalized spacial score (nSPS) is 23.2. The minimum atomic E-state index is -0.475. The van der Waals surface area contributed by atoms with E-state index >= 15 is 0 Å². The van der Waals surface area contributed by atoms with Gasteiger partial charge in [0, 0.05) is 31.6 Å². The molecular formula is C20H28N4O2. The lowest BCUT2D eigenvalue weighted by molar-refractivity contribution is 0.0269. The highest BCUT2D eigenvalue weighted by molar-refractivity contribution is 5.70. The Morgan fingerprint density at radius 1 is 1.27 bits per heavy atom. The summed E-state index contributed by atoms with van der Waals surface area (Å²) in [5.41, 5.74) is 8.02. The number of rotatable bonds is 1. The second-order valence-corrected chi connectivity index (χ2v) is 8.56. The molecule has 140 valence electrons. The second kappa shape index (κ2) is 6.71. The van der Waals surface area contributed by atoms with Crippen molar-refractivity contribution in [2.45, 2.75) is 45.6 Å². The molecule has 1 spiro atoms. The Balaban J connectivity index is 1.73. The van der Waals surface area contributed by atoms with Crippen molar-refractivity contribution in [3.8, 4) is 6.07 Å². The molecule has 0 aromatic heterocycles. The van der Waals surface area contributed by atoms with E-state index in [9.17, 15) is 10.1 Å². The molecule has 3 rings (SSSR count). The SMILES string of the molecule is CC(C)(C)OC(=O)N1CCC2(CCCN(c3cc(C#N)ccc3N)C2)C1. The quantitative estimate of drug-likeness (QED) is 0.780. The third-order valence-corrected chi connectivity index (χ3v) is 5.25. The first-order chi connectivity index (χ1) is 12.2.